The maximum absolute atomic E-state index is 11.5. The Hall–Kier alpha value is -2.24. The lowest BCUT2D eigenvalue weighted by atomic mass is 10.00. The number of rotatable bonds is 4. The van der Waals surface area contributed by atoms with Gasteiger partial charge < -0.3 is 19.7 Å². The summed E-state index contributed by atoms with van der Waals surface area (Å²) in [5.41, 5.74) is -0.560. The molecule has 6 nitrogen and oxygen atoms in total. The summed E-state index contributed by atoms with van der Waals surface area (Å²) in [6, 6.07) is 0. The highest BCUT2D eigenvalue weighted by atomic mass is 16.5. The van der Waals surface area contributed by atoms with Crippen LogP contribution in [0.4, 0.5) is 0 Å². The van der Waals surface area contributed by atoms with E-state index in [1.54, 1.807) is 0 Å². The minimum Gasteiger partial charge on any atom is -0.506 e. The van der Waals surface area contributed by atoms with Crippen LogP contribution in [0.2, 0.25) is 0 Å². The van der Waals surface area contributed by atoms with E-state index in [0.29, 0.717) is 0 Å². The molecule has 0 unspecified atom stereocenters. The van der Waals surface area contributed by atoms with Crippen molar-refractivity contribution in [1.29, 1.82) is 0 Å². The largest absolute Gasteiger partial charge is 0.506 e. The number of hydrogen-bond donors (Lipinski definition) is 2. The standard InChI is InChI=1S/C12H14O6/c1-5(13)7-9(15)8(6(2)14)11(17-3)12(18-4)10(7)16/h15-16H,1-4H3. The second-order valence-electron chi connectivity index (χ2n) is 3.63. The highest BCUT2D eigenvalue weighted by molar-refractivity contribution is 6.08. The number of Topliss-reactive ketones (excluding diaryl/α,β-unsaturated/α-hetero) is 2. The lowest BCUT2D eigenvalue weighted by molar-refractivity contribution is 0.100. The second-order valence-corrected chi connectivity index (χ2v) is 3.63. The quantitative estimate of drug-likeness (QED) is 0.791. The molecular weight excluding hydrogens is 240 g/mol. The first-order chi connectivity index (χ1) is 8.36. The number of phenols is 2. The van der Waals surface area contributed by atoms with Crippen LogP contribution in [0, 0.1) is 0 Å². The zero-order valence-electron chi connectivity index (χ0n) is 10.5. The summed E-state index contributed by atoms with van der Waals surface area (Å²) in [6.07, 6.45) is 0. The van der Waals surface area contributed by atoms with Crippen molar-refractivity contribution < 1.29 is 29.3 Å². The average Bonchev–Trinajstić information content (AvgIpc) is 2.26. The fourth-order valence-corrected chi connectivity index (χ4v) is 1.72. The van der Waals surface area contributed by atoms with E-state index in [1.807, 2.05) is 0 Å². The van der Waals surface area contributed by atoms with Crippen LogP contribution >= 0.6 is 0 Å². The number of hydrogen-bond acceptors (Lipinski definition) is 6. The molecule has 0 aliphatic heterocycles. The van der Waals surface area contributed by atoms with Crippen LogP contribution in [-0.2, 0) is 0 Å². The van der Waals surface area contributed by atoms with Gasteiger partial charge in [-0.05, 0) is 13.8 Å². The summed E-state index contributed by atoms with van der Waals surface area (Å²) < 4.78 is 9.86. The summed E-state index contributed by atoms with van der Waals surface area (Å²) in [5.74, 6) is -2.52. The van der Waals surface area contributed by atoms with Crippen LogP contribution in [0.3, 0.4) is 0 Å². The van der Waals surface area contributed by atoms with Gasteiger partial charge in [-0.1, -0.05) is 0 Å². The van der Waals surface area contributed by atoms with E-state index in [9.17, 15) is 19.8 Å². The third-order valence-corrected chi connectivity index (χ3v) is 2.47. The van der Waals surface area contributed by atoms with Crippen molar-refractivity contribution >= 4 is 11.6 Å². The van der Waals surface area contributed by atoms with Crippen LogP contribution in [0.15, 0.2) is 0 Å². The van der Waals surface area contributed by atoms with E-state index >= 15 is 0 Å². The molecule has 0 saturated heterocycles. The first-order valence-corrected chi connectivity index (χ1v) is 5.08. The molecule has 0 fully saturated rings. The molecule has 0 aliphatic carbocycles. The van der Waals surface area contributed by atoms with Gasteiger partial charge in [0, 0.05) is 0 Å². The molecule has 1 aromatic rings. The van der Waals surface area contributed by atoms with Crippen molar-refractivity contribution in [3.8, 4) is 23.0 Å². The zero-order chi connectivity index (χ0) is 14.0. The minimum atomic E-state index is -0.606. The van der Waals surface area contributed by atoms with E-state index in [1.165, 1.54) is 21.1 Å². The Morgan fingerprint density at radius 3 is 1.61 bits per heavy atom. The third-order valence-electron chi connectivity index (χ3n) is 2.47. The van der Waals surface area contributed by atoms with Crippen LogP contribution in [0.25, 0.3) is 0 Å². The number of benzene rings is 1. The lowest BCUT2D eigenvalue weighted by Gasteiger charge is -2.16. The Labute approximate surface area is 104 Å². The Morgan fingerprint density at radius 2 is 1.28 bits per heavy atom. The van der Waals surface area contributed by atoms with Gasteiger partial charge >= 0.3 is 0 Å². The molecule has 1 aromatic carbocycles. The van der Waals surface area contributed by atoms with Gasteiger partial charge in [-0.15, -0.1) is 0 Å². The monoisotopic (exact) mass is 254 g/mol. The van der Waals surface area contributed by atoms with Crippen LogP contribution in [0.5, 0.6) is 23.0 Å². The molecule has 0 heterocycles. The molecule has 98 valence electrons. The fraction of sp³-hybridized carbons (Fsp3) is 0.333. The van der Waals surface area contributed by atoms with Gasteiger partial charge in [0.05, 0.1) is 14.2 Å². The SMILES string of the molecule is COc1c(O)c(C(C)=O)c(O)c(C(C)=O)c1OC. The Bertz CT molecular complexity index is 518. The molecule has 0 spiro atoms. The summed E-state index contributed by atoms with van der Waals surface area (Å²) >= 11 is 0. The van der Waals surface area contributed by atoms with E-state index in [-0.39, 0.29) is 22.6 Å². The van der Waals surface area contributed by atoms with E-state index in [2.05, 4.69) is 0 Å². The number of phenolic OH excluding ortho intramolecular Hbond substituents is 2. The molecular formula is C12H14O6. The van der Waals surface area contributed by atoms with Crippen molar-refractivity contribution in [2.24, 2.45) is 0 Å². The van der Waals surface area contributed by atoms with Crippen molar-refractivity contribution in [2.45, 2.75) is 13.8 Å². The molecule has 0 aliphatic rings. The average molecular weight is 254 g/mol. The number of ketones is 2. The first kappa shape index (κ1) is 13.8. The fourth-order valence-electron chi connectivity index (χ4n) is 1.72. The normalized spacial score (nSPS) is 10.0. The maximum atomic E-state index is 11.5. The van der Waals surface area contributed by atoms with E-state index in [0.717, 1.165) is 6.92 Å². The van der Waals surface area contributed by atoms with Crippen LogP contribution in [-0.4, -0.2) is 36.0 Å². The molecule has 18 heavy (non-hydrogen) atoms. The summed E-state index contributed by atoms with van der Waals surface area (Å²) in [7, 11) is 2.51. The van der Waals surface area contributed by atoms with Gasteiger partial charge in [0.15, 0.2) is 23.1 Å². The highest BCUT2D eigenvalue weighted by Gasteiger charge is 2.29. The highest BCUT2D eigenvalue weighted by Crippen LogP contribution is 2.48. The number of carbonyl (C=O) groups excluding carboxylic acids is 2. The Balaban J connectivity index is 3.86. The van der Waals surface area contributed by atoms with Gasteiger partial charge in [0.1, 0.15) is 16.9 Å². The van der Waals surface area contributed by atoms with Gasteiger partial charge in [0.25, 0.3) is 0 Å². The molecule has 0 atom stereocenters. The van der Waals surface area contributed by atoms with E-state index < -0.39 is 23.1 Å². The van der Waals surface area contributed by atoms with Crippen LogP contribution < -0.4 is 9.47 Å². The smallest absolute Gasteiger partial charge is 0.204 e. The predicted octanol–water partition coefficient (Wildman–Crippen LogP) is 1.52. The van der Waals surface area contributed by atoms with Gasteiger partial charge in [0.2, 0.25) is 5.75 Å². The Kier molecular flexibility index (Phi) is 3.80. The minimum absolute atomic E-state index is 0.106. The lowest BCUT2D eigenvalue weighted by Crippen LogP contribution is -2.06. The van der Waals surface area contributed by atoms with Gasteiger partial charge in [-0.3, -0.25) is 9.59 Å². The molecule has 0 radical (unpaired) electrons. The predicted molar refractivity (Wildman–Crippen MR) is 62.9 cm³/mol. The molecule has 0 amide bonds. The molecule has 0 bridgehead atoms. The first-order valence-electron chi connectivity index (χ1n) is 5.08. The summed E-state index contributed by atoms with van der Waals surface area (Å²) in [5, 5.41) is 19.8. The third kappa shape index (κ3) is 1.97. The topological polar surface area (TPSA) is 93.1 Å². The second kappa shape index (κ2) is 4.95. The summed E-state index contributed by atoms with van der Waals surface area (Å²) in [6.45, 7) is 2.36. The van der Waals surface area contributed by atoms with Crippen LogP contribution in [0.1, 0.15) is 34.6 Å². The maximum Gasteiger partial charge on any atom is 0.204 e. The zero-order valence-corrected chi connectivity index (χ0v) is 10.5. The van der Waals surface area contributed by atoms with E-state index in [4.69, 9.17) is 9.47 Å². The van der Waals surface area contributed by atoms with Gasteiger partial charge in [-0.25, -0.2) is 0 Å². The summed E-state index contributed by atoms with van der Waals surface area (Å²) in [4.78, 5) is 22.9. The number of ether oxygens (including phenoxy) is 2. The van der Waals surface area contributed by atoms with Crippen molar-refractivity contribution in [3.63, 3.8) is 0 Å². The van der Waals surface area contributed by atoms with Gasteiger partial charge in [-0.2, -0.15) is 0 Å². The van der Waals surface area contributed by atoms with Crippen molar-refractivity contribution in [1.82, 2.24) is 0 Å². The number of aromatic hydroxyl groups is 2. The Morgan fingerprint density at radius 1 is 0.833 bits per heavy atom. The molecule has 0 aromatic heterocycles. The van der Waals surface area contributed by atoms with Crippen molar-refractivity contribution in [3.05, 3.63) is 11.1 Å². The molecule has 6 heteroatoms. The molecule has 2 N–H and O–H groups in total. The molecule has 1 rings (SSSR count). The number of carbonyl (C=O) groups is 2. The number of methoxy groups -OCH3 is 2. The van der Waals surface area contributed by atoms with Crippen molar-refractivity contribution in [2.75, 3.05) is 14.2 Å². The molecule has 0 saturated carbocycles.